The molecule has 94 valence electrons. The lowest BCUT2D eigenvalue weighted by molar-refractivity contribution is 0.120. The molecule has 2 aromatic carbocycles. The van der Waals surface area contributed by atoms with Crippen LogP contribution in [0.1, 0.15) is 18.6 Å². The smallest absolute Gasteiger partial charge is 0.0799 e. The summed E-state index contributed by atoms with van der Waals surface area (Å²) in [4.78, 5) is 0. The molecule has 2 rings (SSSR count). The third-order valence-corrected chi connectivity index (χ3v) is 3.72. The van der Waals surface area contributed by atoms with Crippen LogP contribution in [0.4, 0.5) is 0 Å². The minimum absolute atomic E-state index is 0.0376. The first-order valence-electron chi connectivity index (χ1n) is 5.70. The van der Waals surface area contributed by atoms with Crippen molar-refractivity contribution in [3.63, 3.8) is 0 Å². The highest BCUT2D eigenvalue weighted by Gasteiger charge is 2.11. The van der Waals surface area contributed by atoms with E-state index in [4.69, 9.17) is 27.9 Å². The zero-order valence-corrected chi connectivity index (χ0v) is 11.8. The molecular formula is C15H14Cl2O. The molecule has 0 aliphatic heterocycles. The van der Waals surface area contributed by atoms with Crippen molar-refractivity contribution in [3.05, 3.63) is 58.1 Å². The molecule has 0 aliphatic rings. The number of rotatable bonds is 3. The zero-order chi connectivity index (χ0) is 13.1. The Morgan fingerprint density at radius 2 is 1.72 bits per heavy atom. The van der Waals surface area contributed by atoms with E-state index in [9.17, 15) is 0 Å². The van der Waals surface area contributed by atoms with E-state index in [1.807, 2.05) is 37.3 Å². The van der Waals surface area contributed by atoms with Crippen LogP contribution in [-0.2, 0) is 4.74 Å². The predicted octanol–water partition coefficient (Wildman–Crippen LogP) is 5.37. The summed E-state index contributed by atoms with van der Waals surface area (Å²) < 4.78 is 5.39. The van der Waals surface area contributed by atoms with E-state index >= 15 is 0 Å². The molecule has 3 heteroatoms. The molecule has 18 heavy (non-hydrogen) atoms. The van der Waals surface area contributed by atoms with Gasteiger partial charge in [-0.05, 0) is 35.7 Å². The Hall–Kier alpha value is -1.02. The van der Waals surface area contributed by atoms with E-state index in [-0.39, 0.29) is 6.10 Å². The van der Waals surface area contributed by atoms with E-state index in [1.165, 1.54) is 0 Å². The van der Waals surface area contributed by atoms with Gasteiger partial charge < -0.3 is 4.74 Å². The number of benzene rings is 2. The second-order valence-corrected chi connectivity index (χ2v) is 4.91. The van der Waals surface area contributed by atoms with Crippen LogP contribution in [0.2, 0.25) is 10.0 Å². The van der Waals surface area contributed by atoms with Gasteiger partial charge in [-0.2, -0.15) is 0 Å². The van der Waals surface area contributed by atoms with Gasteiger partial charge in [0.1, 0.15) is 0 Å². The van der Waals surface area contributed by atoms with Gasteiger partial charge in [-0.25, -0.2) is 0 Å². The molecule has 1 atom stereocenters. The second-order valence-electron chi connectivity index (χ2n) is 4.09. The van der Waals surface area contributed by atoms with Crippen LogP contribution in [0.25, 0.3) is 11.1 Å². The van der Waals surface area contributed by atoms with Gasteiger partial charge in [0.15, 0.2) is 0 Å². The Kier molecular flexibility index (Phi) is 4.28. The minimum Gasteiger partial charge on any atom is -0.377 e. The predicted molar refractivity (Wildman–Crippen MR) is 77.3 cm³/mol. The normalized spacial score (nSPS) is 12.4. The van der Waals surface area contributed by atoms with Crippen LogP contribution >= 0.6 is 23.2 Å². The van der Waals surface area contributed by atoms with Gasteiger partial charge >= 0.3 is 0 Å². The number of halogens is 2. The average molecular weight is 281 g/mol. The highest BCUT2D eigenvalue weighted by atomic mass is 35.5. The lowest BCUT2D eigenvalue weighted by Gasteiger charge is -2.15. The monoisotopic (exact) mass is 280 g/mol. The maximum atomic E-state index is 6.07. The third kappa shape index (κ3) is 2.69. The summed E-state index contributed by atoms with van der Waals surface area (Å²) in [5.74, 6) is 0. The van der Waals surface area contributed by atoms with Crippen LogP contribution < -0.4 is 0 Å². The highest BCUT2D eigenvalue weighted by molar-refractivity contribution is 6.42. The Morgan fingerprint density at radius 3 is 2.39 bits per heavy atom. The molecule has 2 aromatic rings. The molecule has 0 saturated heterocycles. The van der Waals surface area contributed by atoms with Crippen LogP contribution in [0.5, 0.6) is 0 Å². The molecule has 0 amide bonds. The van der Waals surface area contributed by atoms with Gasteiger partial charge in [0.25, 0.3) is 0 Å². The summed E-state index contributed by atoms with van der Waals surface area (Å²) in [7, 11) is 1.70. The first-order chi connectivity index (χ1) is 8.63. The molecular weight excluding hydrogens is 267 g/mol. The summed E-state index contributed by atoms with van der Waals surface area (Å²) in [6, 6.07) is 13.8. The highest BCUT2D eigenvalue weighted by Crippen LogP contribution is 2.33. The molecule has 0 heterocycles. The van der Waals surface area contributed by atoms with Crippen molar-refractivity contribution < 1.29 is 4.74 Å². The molecule has 1 unspecified atom stereocenters. The van der Waals surface area contributed by atoms with Crippen molar-refractivity contribution in [2.75, 3.05) is 7.11 Å². The van der Waals surface area contributed by atoms with Crippen molar-refractivity contribution in [2.45, 2.75) is 13.0 Å². The van der Waals surface area contributed by atoms with Crippen molar-refractivity contribution in [3.8, 4) is 11.1 Å². The summed E-state index contributed by atoms with van der Waals surface area (Å²) in [6.07, 6.45) is 0.0376. The van der Waals surface area contributed by atoms with Gasteiger partial charge in [0, 0.05) is 7.11 Å². The fourth-order valence-electron chi connectivity index (χ4n) is 1.91. The first-order valence-corrected chi connectivity index (χ1v) is 6.46. The van der Waals surface area contributed by atoms with Crippen molar-refractivity contribution in [2.24, 2.45) is 0 Å². The van der Waals surface area contributed by atoms with Crippen molar-refractivity contribution >= 4 is 23.2 Å². The van der Waals surface area contributed by atoms with E-state index in [0.29, 0.717) is 10.0 Å². The lowest BCUT2D eigenvalue weighted by atomic mass is 9.97. The Morgan fingerprint density at radius 1 is 1.00 bits per heavy atom. The van der Waals surface area contributed by atoms with Crippen LogP contribution in [-0.4, -0.2) is 7.11 Å². The van der Waals surface area contributed by atoms with E-state index in [0.717, 1.165) is 16.7 Å². The molecule has 0 saturated carbocycles. The molecule has 0 spiro atoms. The van der Waals surface area contributed by atoms with Gasteiger partial charge in [-0.1, -0.05) is 53.5 Å². The quantitative estimate of drug-likeness (QED) is 0.735. The van der Waals surface area contributed by atoms with Gasteiger partial charge in [-0.3, -0.25) is 0 Å². The van der Waals surface area contributed by atoms with Crippen LogP contribution in [0.15, 0.2) is 42.5 Å². The average Bonchev–Trinajstić information content (AvgIpc) is 2.41. The minimum atomic E-state index is 0.0376. The van der Waals surface area contributed by atoms with Gasteiger partial charge in [0.2, 0.25) is 0 Å². The Bertz CT molecular complexity index is 552. The third-order valence-electron chi connectivity index (χ3n) is 2.98. The molecule has 0 bridgehead atoms. The number of hydrogen-bond acceptors (Lipinski definition) is 1. The summed E-state index contributed by atoms with van der Waals surface area (Å²) >= 11 is 12.0. The van der Waals surface area contributed by atoms with Crippen molar-refractivity contribution in [1.82, 2.24) is 0 Å². The maximum Gasteiger partial charge on any atom is 0.0799 e. The maximum absolute atomic E-state index is 6.07. The van der Waals surface area contributed by atoms with Crippen molar-refractivity contribution in [1.29, 1.82) is 0 Å². The molecule has 1 nitrogen and oxygen atoms in total. The van der Waals surface area contributed by atoms with Gasteiger partial charge in [0.05, 0.1) is 16.1 Å². The van der Waals surface area contributed by atoms with Gasteiger partial charge in [-0.15, -0.1) is 0 Å². The van der Waals surface area contributed by atoms with Crippen LogP contribution in [0.3, 0.4) is 0 Å². The molecule has 0 aliphatic carbocycles. The van der Waals surface area contributed by atoms with E-state index in [1.54, 1.807) is 7.11 Å². The number of ether oxygens (including phenoxy) is 1. The fraction of sp³-hybridized carbons (Fsp3) is 0.200. The SMILES string of the molecule is COC(C)c1ccccc1-c1ccc(Cl)c(Cl)c1. The topological polar surface area (TPSA) is 9.23 Å². The largest absolute Gasteiger partial charge is 0.377 e. The fourth-order valence-corrected chi connectivity index (χ4v) is 2.20. The standard InChI is InChI=1S/C15H14Cl2O/c1-10(18-2)12-5-3-4-6-13(12)11-7-8-14(16)15(17)9-11/h3-10H,1-2H3. The summed E-state index contributed by atoms with van der Waals surface area (Å²) in [5, 5.41) is 1.13. The molecule has 0 radical (unpaired) electrons. The number of hydrogen-bond donors (Lipinski definition) is 0. The zero-order valence-electron chi connectivity index (χ0n) is 10.3. The summed E-state index contributed by atoms with van der Waals surface area (Å²) in [6.45, 7) is 2.02. The lowest BCUT2D eigenvalue weighted by Crippen LogP contribution is -1.98. The second kappa shape index (κ2) is 5.75. The molecule has 0 aromatic heterocycles. The molecule has 0 N–H and O–H groups in total. The molecule has 0 fully saturated rings. The Balaban J connectivity index is 2.53. The van der Waals surface area contributed by atoms with Crippen LogP contribution in [0, 0.1) is 0 Å². The summed E-state index contributed by atoms with van der Waals surface area (Å²) in [5.41, 5.74) is 3.30. The van der Waals surface area contributed by atoms with E-state index in [2.05, 4.69) is 12.1 Å². The Labute approximate surface area is 117 Å². The first kappa shape index (κ1) is 13.4. The van der Waals surface area contributed by atoms with E-state index < -0.39 is 0 Å². The number of methoxy groups -OCH3 is 1.